The number of nitrogens with zero attached hydrogens (tertiary/aromatic N) is 2. The molecule has 4 aromatic carbocycles. The third-order valence-corrected chi connectivity index (χ3v) is 7.98. The Morgan fingerprint density at radius 1 is 0.750 bits per heavy atom. The number of imide groups is 1. The van der Waals surface area contributed by atoms with Crippen molar-refractivity contribution in [2.75, 3.05) is 0 Å². The van der Waals surface area contributed by atoms with Gasteiger partial charge in [0.2, 0.25) is 5.91 Å². The van der Waals surface area contributed by atoms with Gasteiger partial charge < -0.3 is 14.7 Å². The van der Waals surface area contributed by atoms with Crippen molar-refractivity contribution < 1.29 is 29.0 Å². The molecule has 1 saturated heterocycles. The van der Waals surface area contributed by atoms with E-state index in [1.54, 1.807) is 36.4 Å². The van der Waals surface area contributed by atoms with Gasteiger partial charge in [0.15, 0.2) is 12.1 Å². The van der Waals surface area contributed by atoms with Crippen molar-refractivity contribution in [1.82, 2.24) is 9.80 Å². The van der Waals surface area contributed by atoms with Gasteiger partial charge in [-0.05, 0) is 35.7 Å². The third-order valence-electron chi connectivity index (χ3n) is 7.98. The van der Waals surface area contributed by atoms with E-state index in [2.05, 4.69) is 0 Å². The number of ether oxygens (including phenoxy) is 1. The predicted molar refractivity (Wildman–Crippen MR) is 163 cm³/mol. The molecule has 0 bridgehead atoms. The summed E-state index contributed by atoms with van der Waals surface area (Å²) in [7, 11) is 0. The molecule has 0 aromatic heterocycles. The van der Waals surface area contributed by atoms with Crippen molar-refractivity contribution in [1.29, 1.82) is 0 Å². The van der Waals surface area contributed by atoms with E-state index < -0.39 is 54.0 Å². The maximum Gasteiger partial charge on any atom is 0.332 e. The van der Waals surface area contributed by atoms with E-state index in [4.69, 9.17) is 4.74 Å². The molecule has 0 aliphatic carbocycles. The van der Waals surface area contributed by atoms with Crippen LogP contribution in [0.1, 0.15) is 50.4 Å². The van der Waals surface area contributed by atoms with Crippen molar-refractivity contribution >= 4 is 29.8 Å². The number of carbonyl (C=O) groups is 4. The summed E-state index contributed by atoms with van der Waals surface area (Å²) in [5.41, 5.74) is 2.69. The van der Waals surface area contributed by atoms with Gasteiger partial charge in [-0.1, -0.05) is 115 Å². The van der Waals surface area contributed by atoms with Gasteiger partial charge in [0.05, 0.1) is 23.3 Å². The fraction of sp³-hybridized carbons (Fsp3) is 0.167. The van der Waals surface area contributed by atoms with Crippen LogP contribution in [0, 0.1) is 0 Å². The van der Waals surface area contributed by atoms with Crippen LogP contribution in [-0.4, -0.2) is 62.8 Å². The smallest absolute Gasteiger partial charge is 0.332 e. The van der Waals surface area contributed by atoms with E-state index >= 15 is 0 Å². The molecule has 8 heteroatoms. The average molecular weight is 587 g/mol. The first kappa shape index (κ1) is 28.8. The summed E-state index contributed by atoms with van der Waals surface area (Å²) in [5, 5.41) is 10.9. The minimum atomic E-state index is -1.41. The number of esters is 1. The highest BCUT2D eigenvalue weighted by molar-refractivity contribution is 6.23. The van der Waals surface area contributed by atoms with E-state index in [9.17, 15) is 24.3 Å². The maximum absolute atomic E-state index is 13.9. The number of aliphatic hydroxyl groups is 1. The number of rotatable bonds is 9. The molecule has 2 aliphatic rings. The summed E-state index contributed by atoms with van der Waals surface area (Å²) in [6.07, 6.45) is 1.32. The molecule has 220 valence electrons. The highest BCUT2D eigenvalue weighted by Gasteiger charge is 2.59. The first-order chi connectivity index (χ1) is 21.4. The van der Waals surface area contributed by atoms with Crippen LogP contribution in [0.25, 0.3) is 6.08 Å². The van der Waals surface area contributed by atoms with Gasteiger partial charge in [-0.2, -0.15) is 0 Å². The quantitative estimate of drug-likeness (QED) is 0.174. The zero-order chi connectivity index (χ0) is 30.8. The van der Waals surface area contributed by atoms with Crippen LogP contribution in [0.15, 0.2) is 121 Å². The zero-order valence-electron chi connectivity index (χ0n) is 23.9. The molecule has 1 N–H and O–H groups in total. The molecule has 3 amide bonds. The fourth-order valence-corrected chi connectivity index (χ4v) is 5.85. The third kappa shape index (κ3) is 5.20. The summed E-state index contributed by atoms with van der Waals surface area (Å²) in [6, 6.07) is 30.6. The van der Waals surface area contributed by atoms with E-state index in [0.29, 0.717) is 0 Å². The molecular formula is C36H30N2O6. The van der Waals surface area contributed by atoms with Gasteiger partial charge in [0.1, 0.15) is 6.04 Å². The van der Waals surface area contributed by atoms with E-state index in [1.807, 2.05) is 91.0 Å². The van der Waals surface area contributed by atoms with Crippen molar-refractivity contribution in [3.63, 3.8) is 0 Å². The van der Waals surface area contributed by atoms with Crippen LogP contribution < -0.4 is 0 Å². The second kappa shape index (κ2) is 12.1. The maximum atomic E-state index is 13.9. The van der Waals surface area contributed by atoms with Gasteiger partial charge in [-0.15, -0.1) is 0 Å². The molecule has 44 heavy (non-hydrogen) atoms. The molecule has 2 aliphatic heterocycles. The number of aliphatic hydroxyl groups excluding tert-OH is 1. The van der Waals surface area contributed by atoms with Crippen LogP contribution in [0.3, 0.4) is 0 Å². The lowest BCUT2D eigenvalue weighted by Gasteiger charge is -2.51. The molecule has 4 aromatic rings. The highest BCUT2D eigenvalue weighted by Crippen LogP contribution is 2.37. The topological polar surface area (TPSA) is 104 Å². The van der Waals surface area contributed by atoms with Crippen molar-refractivity contribution in [3.8, 4) is 0 Å². The summed E-state index contributed by atoms with van der Waals surface area (Å²) in [5.74, 6) is -2.61. The highest BCUT2D eigenvalue weighted by atomic mass is 16.5. The lowest BCUT2D eigenvalue weighted by molar-refractivity contribution is -0.176. The Morgan fingerprint density at radius 2 is 1.23 bits per heavy atom. The number of hydrogen-bond acceptors (Lipinski definition) is 6. The number of carbonyl (C=O) groups excluding carboxylic acids is 4. The SMILES string of the molecule is C[C@H](O)[C@H](C(=O)OC(c1ccccc1)c1ccccc1)N1C(=O)[C@H](N2C(=O)c3ccccc3C2=O)[C@@H]1/C=C/c1ccccc1. The lowest BCUT2D eigenvalue weighted by Crippen LogP contribution is -2.75. The van der Waals surface area contributed by atoms with Crippen molar-refractivity contribution in [3.05, 3.63) is 149 Å². The van der Waals surface area contributed by atoms with Gasteiger partial charge in [0.25, 0.3) is 11.8 Å². The van der Waals surface area contributed by atoms with E-state index in [-0.39, 0.29) is 11.1 Å². The monoisotopic (exact) mass is 586 g/mol. The average Bonchev–Trinajstić information content (AvgIpc) is 3.30. The molecule has 2 heterocycles. The Labute approximate surface area is 254 Å². The minimum absolute atomic E-state index is 0.217. The number of β-lactam (4-membered cyclic amide) rings is 1. The van der Waals surface area contributed by atoms with Crippen molar-refractivity contribution in [2.45, 2.75) is 37.3 Å². The zero-order valence-corrected chi connectivity index (χ0v) is 23.9. The Kier molecular flexibility index (Phi) is 7.91. The molecule has 0 radical (unpaired) electrons. The fourth-order valence-electron chi connectivity index (χ4n) is 5.85. The second-order valence-corrected chi connectivity index (χ2v) is 10.8. The van der Waals surface area contributed by atoms with Crippen LogP contribution in [0.5, 0.6) is 0 Å². The van der Waals surface area contributed by atoms with Crippen molar-refractivity contribution in [2.24, 2.45) is 0 Å². The Morgan fingerprint density at radius 3 is 1.73 bits per heavy atom. The Hall–Kier alpha value is -5.34. The normalized spacial score (nSPS) is 19.2. The standard InChI is InChI=1S/C36H30N2O6/c1-23(39)30(36(43)44-32(25-15-7-3-8-16-25)26-17-9-4-10-18-26)37-29(22-21-24-13-5-2-6-14-24)31(35(37)42)38-33(40)27-19-11-12-20-28(27)34(38)41/h2-23,29-32,39H,1H3/b22-21+/t23-,29-,30+,31+/m0/s1. The first-order valence-electron chi connectivity index (χ1n) is 14.4. The Bertz CT molecular complexity index is 1650. The van der Waals surface area contributed by atoms with Crippen LogP contribution in [0.4, 0.5) is 0 Å². The number of benzene rings is 4. The largest absolute Gasteiger partial charge is 0.451 e. The molecule has 0 spiro atoms. The Balaban J connectivity index is 1.35. The van der Waals surface area contributed by atoms with E-state index in [1.165, 1.54) is 11.8 Å². The molecule has 1 fully saturated rings. The van der Waals surface area contributed by atoms with E-state index in [0.717, 1.165) is 21.6 Å². The number of hydrogen-bond donors (Lipinski definition) is 1. The summed E-state index contributed by atoms with van der Waals surface area (Å²) in [6.45, 7) is 1.41. The predicted octanol–water partition coefficient (Wildman–Crippen LogP) is 4.66. The summed E-state index contributed by atoms with van der Waals surface area (Å²) >= 11 is 0. The number of likely N-dealkylation sites (tertiary alicyclic amines) is 1. The second-order valence-electron chi connectivity index (χ2n) is 10.8. The summed E-state index contributed by atoms with van der Waals surface area (Å²) in [4.78, 5) is 56.8. The van der Waals surface area contributed by atoms with Gasteiger partial charge in [-0.25, -0.2) is 4.79 Å². The molecule has 0 unspecified atom stereocenters. The van der Waals surface area contributed by atoms with Crippen LogP contribution >= 0.6 is 0 Å². The van der Waals surface area contributed by atoms with Crippen LogP contribution in [0.2, 0.25) is 0 Å². The number of fused-ring (bicyclic) bond motifs is 1. The molecule has 8 nitrogen and oxygen atoms in total. The molecular weight excluding hydrogens is 556 g/mol. The number of amides is 3. The minimum Gasteiger partial charge on any atom is -0.451 e. The lowest BCUT2D eigenvalue weighted by atomic mass is 9.88. The molecule has 6 rings (SSSR count). The summed E-state index contributed by atoms with van der Waals surface area (Å²) < 4.78 is 6.05. The van der Waals surface area contributed by atoms with Gasteiger partial charge >= 0.3 is 5.97 Å². The van der Waals surface area contributed by atoms with Gasteiger partial charge in [-0.3, -0.25) is 19.3 Å². The molecule has 0 saturated carbocycles. The van der Waals surface area contributed by atoms with Crippen LogP contribution in [-0.2, 0) is 14.3 Å². The molecule has 4 atom stereocenters. The van der Waals surface area contributed by atoms with Gasteiger partial charge in [0, 0.05) is 0 Å². The first-order valence-corrected chi connectivity index (χ1v) is 14.4.